The van der Waals surface area contributed by atoms with Crippen molar-refractivity contribution >= 4 is 21.4 Å². The van der Waals surface area contributed by atoms with Crippen LogP contribution in [0, 0.1) is 0 Å². The fourth-order valence-electron chi connectivity index (χ4n) is 2.78. The molecular weight excluding hydrogens is 278 g/mol. The molecule has 112 valence electrons. The fourth-order valence-corrected chi connectivity index (χ4v) is 3.37. The van der Waals surface area contributed by atoms with Gasteiger partial charge in [0.1, 0.15) is 0 Å². The highest BCUT2D eigenvalue weighted by atomic mass is 32.2. The van der Waals surface area contributed by atoms with Crippen LogP contribution in [0.15, 0.2) is 23.1 Å². The van der Waals surface area contributed by atoms with Crippen LogP contribution < -0.4 is 15.8 Å². The van der Waals surface area contributed by atoms with Gasteiger partial charge in [-0.2, -0.15) is 0 Å². The number of hydrogen-bond donors (Lipinski definition) is 3. The van der Waals surface area contributed by atoms with Gasteiger partial charge in [0.25, 0.3) is 0 Å². The van der Waals surface area contributed by atoms with E-state index in [0.29, 0.717) is 24.0 Å². The van der Waals surface area contributed by atoms with Gasteiger partial charge in [-0.25, -0.2) is 13.6 Å². The summed E-state index contributed by atoms with van der Waals surface area (Å²) >= 11 is 0. The topological polar surface area (TPSA) is 110 Å². The number of nitrogens with two attached hydrogens (primary N) is 2. The van der Waals surface area contributed by atoms with Crippen LogP contribution in [0.2, 0.25) is 0 Å². The molecule has 0 radical (unpaired) electrons. The summed E-state index contributed by atoms with van der Waals surface area (Å²) in [6.45, 7) is 0.466. The minimum Gasteiger partial charge on any atom is -0.399 e. The van der Waals surface area contributed by atoms with E-state index < -0.39 is 10.0 Å². The Hall–Kier alpha value is -1.31. The zero-order valence-corrected chi connectivity index (χ0v) is 12.1. The van der Waals surface area contributed by atoms with Crippen molar-refractivity contribution < 1.29 is 13.5 Å². The summed E-state index contributed by atoms with van der Waals surface area (Å²) in [5.74, 6) is 0. The summed E-state index contributed by atoms with van der Waals surface area (Å²) in [5.41, 5.74) is 6.84. The summed E-state index contributed by atoms with van der Waals surface area (Å²) in [7, 11) is -3.79. The monoisotopic (exact) mass is 299 g/mol. The van der Waals surface area contributed by atoms with Crippen molar-refractivity contribution in [3.63, 3.8) is 0 Å². The molecule has 0 aromatic heterocycles. The van der Waals surface area contributed by atoms with Crippen molar-refractivity contribution in [1.82, 2.24) is 0 Å². The lowest BCUT2D eigenvalue weighted by Crippen LogP contribution is -2.35. The number of sulfonamides is 1. The molecule has 1 fully saturated rings. The molecule has 0 aliphatic heterocycles. The maximum Gasteiger partial charge on any atom is 0.238 e. The molecular formula is C13H21N3O3S. The molecule has 0 heterocycles. The summed E-state index contributed by atoms with van der Waals surface area (Å²) in [6.07, 6.45) is 4.38. The first-order valence-electron chi connectivity index (χ1n) is 6.72. The highest BCUT2D eigenvalue weighted by Crippen LogP contribution is 2.30. The number of rotatable bonds is 5. The van der Waals surface area contributed by atoms with Crippen LogP contribution in [0.1, 0.15) is 25.7 Å². The maximum absolute atomic E-state index is 11.5. The van der Waals surface area contributed by atoms with Crippen molar-refractivity contribution in [3.8, 4) is 0 Å². The lowest BCUT2D eigenvalue weighted by molar-refractivity contribution is 0.297. The second-order valence-corrected chi connectivity index (χ2v) is 6.72. The Labute approximate surface area is 119 Å². The second kappa shape index (κ2) is 5.99. The van der Waals surface area contributed by atoms with Crippen molar-refractivity contribution in [2.75, 3.05) is 23.8 Å². The molecule has 0 unspecified atom stereocenters. The molecule has 0 amide bonds. The number of nitrogens with zero attached hydrogens (tertiary/aromatic N) is 1. The highest BCUT2D eigenvalue weighted by molar-refractivity contribution is 7.89. The molecule has 1 aromatic rings. The third-order valence-electron chi connectivity index (χ3n) is 3.68. The van der Waals surface area contributed by atoms with Crippen molar-refractivity contribution in [1.29, 1.82) is 0 Å². The van der Waals surface area contributed by atoms with Crippen LogP contribution in [0.5, 0.6) is 0 Å². The van der Waals surface area contributed by atoms with Gasteiger partial charge in [-0.3, -0.25) is 0 Å². The van der Waals surface area contributed by atoms with Crippen LogP contribution >= 0.6 is 0 Å². The number of aliphatic hydroxyl groups excluding tert-OH is 1. The number of anilines is 2. The van der Waals surface area contributed by atoms with E-state index in [1.54, 1.807) is 6.07 Å². The van der Waals surface area contributed by atoms with Crippen LogP contribution in [-0.4, -0.2) is 32.7 Å². The summed E-state index contributed by atoms with van der Waals surface area (Å²) in [6, 6.07) is 4.92. The van der Waals surface area contributed by atoms with E-state index in [1.807, 2.05) is 4.90 Å². The van der Waals surface area contributed by atoms with Gasteiger partial charge in [-0.05, 0) is 31.0 Å². The third-order valence-corrected chi connectivity index (χ3v) is 4.57. The predicted molar refractivity (Wildman–Crippen MR) is 78.9 cm³/mol. The molecule has 1 aliphatic rings. The van der Waals surface area contributed by atoms with Crippen LogP contribution in [0.25, 0.3) is 0 Å². The SMILES string of the molecule is Nc1cc(N(CCO)C2CCCC2)cc(S(N)(=O)=O)c1. The molecule has 6 nitrogen and oxygen atoms in total. The van der Waals surface area contributed by atoms with Gasteiger partial charge < -0.3 is 15.7 Å². The summed E-state index contributed by atoms with van der Waals surface area (Å²) in [4.78, 5) is 2.03. The Kier molecular flexibility index (Phi) is 4.52. The van der Waals surface area contributed by atoms with Gasteiger partial charge in [-0.15, -0.1) is 0 Å². The average Bonchev–Trinajstić information content (AvgIpc) is 2.87. The smallest absolute Gasteiger partial charge is 0.238 e. The summed E-state index contributed by atoms with van der Waals surface area (Å²) in [5, 5.41) is 14.4. The minimum absolute atomic E-state index is 0.00781. The van der Waals surface area contributed by atoms with Gasteiger partial charge in [-0.1, -0.05) is 12.8 Å². The molecule has 1 saturated carbocycles. The molecule has 5 N–H and O–H groups in total. The molecule has 20 heavy (non-hydrogen) atoms. The Morgan fingerprint density at radius 3 is 2.45 bits per heavy atom. The van der Waals surface area contributed by atoms with Crippen molar-refractivity contribution in [2.45, 2.75) is 36.6 Å². The van der Waals surface area contributed by atoms with Gasteiger partial charge in [0.15, 0.2) is 0 Å². The number of aliphatic hydroxyl groups is 1. The Balaban J connectivity index is 2.39. The first-order chi connectivity index (χ1) is 9.41. The van der Waals surface area contributed by atoms with Gasteiger partial charge >= 0.3 is 0 Å². The Morgan fingerprint density at radius 2 is 1.90 bits per heavy atom. The van der Waals surface area contributed by atoms with E-state index in [2.05, 4.69) is 0 Å². The molecule has 0 saturated heterocycles. The second-order valence-electron chi connectivity index (χ2n) is 5.16. The molecule has 0 atom stereocenters. The zero-order valence-electron chi connectivity index (χ0n) is 11.3. The first kappa shape index (κ1) is 15.1. The highest BCUT2D eigenvalue weighted by Gasteiger charge is 2.23. The van der Waals surface area contributed by atoms with Crippen LogP contribution in [0.3, 0.4) is 0 Å². The first-order valence-corrected chi connectivity index (χ1v) is 8.27. The van der Waals surface area contributed by atoms with Crippen LogP contribution in [-0.2, 0) is 10.0 Å². The number of hydrogen-bond acceptors (Lipinski definition) is 5. The molecule has 1 aliphatic carbocycles. The van der Waals surface area contributed by atoms with Crippen molar-refractivity contribution in [2.24, 2.45) is 5.14 Å². The van der Waals surface area contributed by atoms with Gasteiger partial charge in [0, 0.05) is 24.0 Å². The Bertz CT molecular complexity index is 568. The lowest BCUT2D eigenvalue weighted by atomic mass is 10.1. The molecule has 0 spiro atoms. The Morgan fingerprint density at radius 1 is 1.25 bits per heavy atom. The van der Waals surface area contributed by atoms with E-state index in [0.717, 1.165) is 25.7 Å². The van der Waals surface area contributed by atoms with E-state index >= 15 is 0 Å². The fraction of sp³-hybridized carbons (Fsp3) is 0.538. The quantitative estimate of drug-likeness (QED) is 0.692. The number of primary sulfonamides is 1. The molecule has 1 aromatic carbocycles. The van der Waals surface area contributed by atoms with E-state index in [9.17, 15) is 13.5 Å². The van der Waals surface area contributed by atoms with Gasteiger partial charge in [0.2, 0.25) is 10.0 Å². The largest absolute Gasteiger partial charge is 0.399 e. The minimum atomic E-state index is -3.79. The summed E-state index contributed by atoms with van der Waals surface area (Å²) < 4.78 is 23.0. The van der Waals surface area contributed by atoms with E-state index in [1.165, 1.54) is 12.1 Å². The zero-order chi connectivity index (χ0) is 14.8. The lowest BCUT2D eigenvalue weighted by Gasteiger charge is -2.31. The van der Waals surface area contributed by atoms with Crippen LogP contribution in [0.4, 0.5) is 11.4 Å². The maximum atomic E-state index is 11.5. The molecule has 2 rings (SSSR count). The van der Waals surface area contributed by atoms with E-state index in [4.69, 9.17) is 10.9 Å². The number of nitrogen functional groups attached to an aromatic ring is 1. The van der Waals surface area contributed by atoms with Crippen molar-refractivity contribution in [3.05, 3.63) is 18.2 Å². The predicted octanol–water partition coefficient (Wildman–Crippen LogP) is 0.657. The van der Waals surface area contributed by atoms with E-state index in [-0.39, 0.29) is 11.5 Å². The third kappa shape index (κ3) is 3.41. The molecule has 0 bridgehead atoms. The normalized spacial score (nSPS) is 16.5. The van der Waals surface area contributed by atoms with Gasteiger partial charge in [0.05, 0.1) is 11.5 Å². The average molecular weight is 299 g/mol. The standard InChI is InChI=1S/C13H21N3O3S/c14-10-7-12(9-13(8-10)20(15,18)19)16(5-6-17)11-3-1-2-4-11/h7-9,11,17H,1-6,14H2,(H2,15,18,19). The number of benzene rings is 1. The molecule has 7 heteroatoms.